The van der Waals surface area contributed by atoms with Crippen molar-refractivity contribution in [2.24, 2.45) is 0 Å². The number of carbonyl (C=O) groups excluding carboxylic acids is 1. The Kier molecular flexibility index (Phi) is 5.15. The van der Waals surface area contributed by atoms with Gasteiger partial charge in [0, 0.05) is 11.6 Å². The van der Waals surface area contributed by atoms with Gasteiger partial charge in [-0.1, -0.05) is 49.6 Å². The van der Waals surface area contributed by atoms with E-state index in [0.717, 1.165) is 31.2 Å². The zero-order chi connectivity index (χ0) is 19.6. The maximum absolute atomic E-state index is 12.3. The van der Waals surface area contributed by atoms with E-state index in [1.54, 1.807) is 4.68 Å². The molecule has 29 heavy (non-hydrogen) atoms. The van der Waals surface area contributed by atoms with E-state index in [-0.39, 0.29) is 30.4 Å². The molecule has 1 amide bonds. The van der Waals surface area contributed by atoms with Crippen molar-refractivity contribution >= 4 is 6.09 Å². The highest BCUT2D eigenvalue weighted by Crippen LogP contribution is 2.36. The van der Waals surface area contributed by atoms with E-state index in [2.05, 4.69) is 20.8 Å². The maximum Gasteiger partial charge on any atom is 0.407 e. The molecule has 4 atom stereocenters. The minimum absolute atomic E-state index is 0.166. The molecule has 0 radical (unpaired) electrons. The lowest BCUT2D eigenvalue weighted by atomic mass is 9.96. The lowest BCUT2D eigenvalue weighted by molar-refractivity contribution is 0.00174. The van der Waals surface area contributed by atoms with Crippen molar-refractivity contribution in [1.82, 2.24) is 25.5 Å². The third kappa shape index (κ3) is 3.72. The van der Waals surface area contributed by atoms with Crippen molar-refractivity contribution in [3.8, 4) is 11.4 Å². The molecule has 0 bridgehead atoms. The summed E-state index contributed by atoms with van der Waals surface area (Å²) in [6, 6.07) is 9.82. The Balaban J connectivity index is 1.24. The van der Waals surface area contributed by atoms with Gasteiger partial charge in [0.25, 0.3) is 0 Å². The van der Waals surface area contributed by atoms with Gasteiger partial charge in [-0.25, -0.2) is 9.48 Å². The van der Waals surface area contributed by atoms with Gasteiger partial charge < -0.3 is 19.5 Å². The van der Waals surface area contributed by atoms with Crippen LogP contribution in [-0.2, 0) is 14.2 Å². The summed E-state index contributed by atoms with van der Waals surface area (Å²) < 4.78 is 19.3. The number of nitrogens with zero attached hydrogens (tertiary/aromatic N) is 4. The molecule has 2 aromatic rings. The first-order chi connectivity index (χ1) is 14.3. The maximum atomic E-state index is 12.3. The first kappa shape index (κ1) is 18.5. The summed E-state index contributed by atoms with van der Waals surface area (Å²) in [6.45, 7) is 0.719. The number of benzene rings is 1. The monoisotopic (exact) mass is 399 g/mol. The van der Waals surface area contributed by atoms with Crippen LogP contribution in [0.5, 0.6) is 0 Å². The number of carbonyl (C=O) groups is 1. The van der Waals surface area contributed by atoms with Gasteiger partial charge in [0.05, 0.1) is 13.2 Å². The van der Waals surface area contributed by atoms with Crippen LogP contribution in [0.1, 0.15) is 38.1 Å². The average molecular weight is 399 g/mol. The first-order valence-corrected chi connectivity index (χ1v) is 10.3. The third-order valence-electron chi connectivity index (χ3n) is 6.01. The molecule has 154 valence electrons. The van der Waals surface area contributed by atoms with Crippen LogP contribution >= 0.6 is 0 Å². The summed E-state index contributed by atoms with van der Waals surface area (Å²) in [5.41, 5.74) is 0.929. The van der Waals surface area contributed by atoms with Crippen LogP contribution in [0.15, 0.2) is 30.3 Å². The summed E-state index contributed by atoms with van der Waals surface area (Å²) in [4.78, 5) is 12.3. The van der Waals surface area contributed by atoms with Crippen molar-refractivity contribution in [2.75, 3.05) is 13.2 Å². The molecule has 1 aliphatic carbocycles. The molecule has 2 aliphatic heterocycles. The minimum Gasteiger partial charge on any atom is -0.441 e. The predicted molar refractivity (Wildman–Crippen MR) is 102 cm³/mol. The molecule has 3 fully saturated rings. The molecular weight excluding hydrogens is 374 g/mol. The van der Waals surface area contributed by atoms with E-state index < -0.39 is 6.10 Å². The van der Waals surface area contributed by atoms with E-state index in [0.29, 0.717) is 19.0 Å². The van der Waals surface area contributed by atoms with Crippen LogP contribution in [0.3, 0.4) is 0 Å². The fraction of sp³-hybridized carbons (Fsp3) is 0.600. The van der Waals surface area contributed by atoms with Crippen LogP contribution in [-0.4, -0.2) is 63.9 Å². The molecule has 1 aromatic heterocycles. The highest BCUT2D eigenvalue weighted by atomic mass is 16.6. The highest BCUT2D eigenvalue weighted by Gasteiger charge is 2.51. The van der Waals surface area contributed by atoms with Gasteiger partial charge in [-0.3, -0.25) is 0 Å². The first-order valence-electron chi connectivity index (χ1n) is 10.3. The number of amides is 1. The lowest BCUT2D eigenvalue weighted by Gasteiger charge is -2.24. The van der Waals surface area contributed by atoms with Crippen molar-refractivity contribution < 1.29 is 19.0 Å². The van der Waals surface area contributed by atoms with E-state index in [9.17, 15) is 4.79 Å². The Morgan fingerprint density at radius 1 is 1.07 bits per heavy atom. The number of ether oxygens (including phenoxy) is 3. The smallest absolute Gasteiger partial charge is 0.407 e. The van der Waals surface area contributed by atoms with Crippen molar-refractivity contribution in [3.05, 3.63) is 30.3 Å². The fourth-order valence-electron chi connectivity index (χ4n) is 4.53. The third-order valence-corrected chi connectivity index (χ3v) is 6.01. The molecular formula is C20H25N5O4. The summed E-state index contributed by atoms with van der Waals surface area (Å²) in [7, 11) is 0. The van der Waals surface area contributed by atoms with Gasteiger partial charge in [-0.05, 0) is 23.3 Å². The van der Waals surface area contributed by atoms with Crippen LogP contribution in [0.4, 0.5) is 4.79 Å². The normalized spacial score (nSPS) is 29.5. The van der Waals surface area contributed by atoms with Gasteiger partial charge in [0.1, 0.15) is 18.2 Å². The second-order valence-electron chi connectivity index (χ2n) is 7.90. The number of nitrogens with one attached hydrogen (secondary N) is 1. The molecule has 0 spiro atoms. The Hall–Kier alpha value is -2.52. The van der Waals surface area contributed by atoms with Gasteiger partial charge in [-0.2, -0.15) is 0 Å². The highest BCUT2D eigenvalue weighted by molar-refractivity contribution is 5.68. The fourth-order valence-corrected chi connectivity index (χ4v) is 4.53. The largest absolute Gasteiger partial charge is 0.441 e. The van der Waals surface area contributed by atoms with E-state index in [1.165, 1.54) is 6.42 Å². The van der Waals surface area contributed by atoms with Crippen molar-refractivity contribution in [1.29, 1.82) is 0 Å². The van der Waals surface area contributed by atoms with Crippen LogP contribution in [0, 0.1) is 0 Å². The Morgan fingerprint density at radius 2 is 1.86 bits per heavy atom. The van der Waals surface area contributed by atoms with Crippen LogP contribution in [0.25, 0.3) is 11.4 Å². The number of hydrogen-bond acceptors (Lipinski definition) is 7. The van der Waals surface area contributed by atoms with Crippen molar-refractivity contribution in [3.63, 3.8) is 0 Å². The molecule has 1 N–H and O–H groups in total. The topological polar surface area (TPSA) is 100 Å². The number of hydrogen-bond donors (Lipinski definition) is 1. The number of fused-ring (bicyclic) bond motifs is 1. The molecule has 9 heteroatoms. The molecule has 1 saturated carbocycles. The number of rotatable bonds is 4. The van der Waals surface area contributed by atoms with Gasteiger partial charge in [0.15, 0.2) is 11.9 Å². The molecule has 4 unspecified atom stereocenters. The summed E-state index contributed by atoms with van der Waals surface area (Å²) in [5.74, 6) is 0.669. The van der Waals surface area contributed by atoms with Crippen molar-refractivity contribution in [2.45, 2.75) is 62.5 Å². The lowest BCUT2D eigenvalue weighted by Crippen LogP contribution is -2.41. The molecule has 2 saturated heterocycles. The van der Waals surface area contributed by atoms with E-state index >= 15 is 0 Å². The number of aromatic nitrogens is 4. The molecule has 3 aliphatic rings. The zero-order valence-electron chi connectivity index (χ0n) is 16.1. The SMILES string of the molecule is O=C(NC1CCCCC1)OC1COC2C1OCC2n1nnnc1-c1ccccc1. The Morgan fingerprint density at radius 3 is 2.69 bits per heavy atom. The summed E-state index contributed by atoms with van der Waals surface area (Å²) >= 11 is 0. The molecule has 9 nitrogen and oxygen atoms in total. The average Bonchev–Trinajstić information content (AvgIpc) is 3.47. The second-order valence-corrected chi connectivity index (χ2v) is 7.90. The summed E-state index contributed by atoms with van der Waals surface area (Å²) in [6.07, 6.45) is 4.20. The standard InChI is InChI=1S/C20H25N5O4/c26-20(21-14-9-5-2-6-10-14)29-16-12-28-17-15(11-27-18(16)17)25-19(22-23-24-25)13-7-3-1-4-8-13/h1,3-4,7-8,14-18H,2,5-6,9-12H2,(H,21,26). The van der Waals surface area contributed by atoms with Crippen LogP contribution < -0.4 is 5.32 Å². The summed E-state index contributed by atoms with van der Waals surface area (Å²) in [5, 5.41) is 15.2. The minimum atomic E-state index is -0.426. The Labute approximate surface area is 168 Å². The van der Waals surface area contributed by atoms with Gasteiger partial charge in [-0.15, -0.1) is 5.10 Å². The van der Waals surface area contributed by atoms with Crippen LogP contribution in [0.2, 0.25) is 0 Å². The zero-order valence-corrected chi connectivity index (χ0v) is 16.1. The van der Waals surface area contributed by atoms with Gasteiger partial charge in [0.2, 0.25) is 0 Å². The second kappa shape index (κ2) is 8.08. The Bertz CT molecular complexity index is 838. The van der Waals surface area contributed by atoms with Gasteiger partial charge >= 0.3 is 6.09 Å². The van der Waals surface area contributed by atoms with E-state index in [4.69, 9.17) is 14.2 Å². The predicted octanol–water partition coefficient (Wildman–Crippen LogP) is 2.11. The number of tetrazole rings is 1. The molecule has 3 heterocycles. The number of alkyl carbamates (subject to hydrolysis) is 1. The quantitative estimate of drug-likeness (QED) is 0.840. The molecule has 5 rings (SSSR count). The van der Waals surface area contributed by atoms with E-state index in [1.807, 2.05) is 30.3 Å². The molecule has 1 aromatic carbocycles.